The molecule has 0 unspecified atom stereocenters. The van der Waals surface area contributed by atoms with Gasteiger partial charge in [-0.15, -0.1) is 0 Å². The van der Waals surface area contributed by atoms with Crippen LogP contribution in [0.5, 0.6) is 11.5 Å². The Bertz CT molecular complexity index is 632. The summed E-state index contributed by atoms with van der Waals surface area (Å²) >= 11 is 0. The molecule has 0 aliphatic heterocycles. The first kappa shape index (κ1) is 18.7. The highest BCUT2D eigenvalue weighted by molar-refractivity contribution is 7.89. The second-order valence-corrected chi connectivity index (χ2v) is 7.78. The summed E-state index contributed by atoms with van der Waals surface area (Å²) < 4.78 is 50.4. The van der Waals surface area contributed by atoms with Crippen LogP contribution in [-0.4, -0.2) is 47.1 Å². The number of benzene rings is 1. The molecule has 1 aromatic rings. The lowest BCUT2D eigenvalue weighted by Crippen LogP contribution is -2.40. The van der Waals surface area contributed by atoms with Gasteiger partial charge in [0.2, 0.25) is 10.0 Å². The highest BCUT2D eigenvalue weighted by atomic mass is 32.2. The predicted molar refractivity (Wildman–Crippen MR) is 82.2 cm³/mol. The molecule has 1 aromatic carbocycles. The molecule has 0 aliphatic carbocycles. The van der Waals surface area contributed by atoms with Crippen LogP contribution in [0.15, 0.2) is 17.0 Å². The van der Waals surface area contributed by atoms with Gasteiger partial charge in [-0.3, -0.25) is 0 Å². The molecule has 2 N–H and O–H groups in total. The molecule has 0 fully saturated rings. The molecule has 0 saturated heterocycles. The van der Waals surface area contributed by atoms with Gasteiger partial charge in [-0.05, 0) is 12.0 Å². The zero-order chi connectivity index (χ0) is 17.1. The lowest BCUT2D eigenvalue weighted by atomic mass is 9.94. The van der Waals surface area contributed by atoms with Crippen molar-refractivity contribution in [2.75, 3.05) is 34.4 Å². The van der Waals surface area contributed by atoms with Gasteiger partial charge in [0.1, 0.15) is 10.7 Å². The molecule has 0 spiro atoms. The van der Waals surface area contributed by atoms with Gasteiger partial charge in [0.25, 0.3) is 0 Å². The fourth-order valence-corrected chi connectivity index (χ4v) is 3.37. The quantitative estimate of drug-likeness (QED) is 0.816. The minimum atomic E-state index is -4.00. The van der Waals surface area contributed by atoms with E-state index in [1.54, 1.807) is 0 Å². The predicted octanol–water partition coefficient (Wildman–Crippen LogP) is 1.45. The first-order valence-electron chi connectivity index (χ1n) is 6.67. The van der Waals surface area contributed by atoms with Crippen molar-refractivity contribution in [2.24, 2.45) is 11.1 Å². The van der Waals surface area contributed by atoms with E-state index in [4.69, 9.17) is 15.2 Å². The molecule has 126 valence electrons. The van der Waals surface area contributed by atoms with Gasteiger partial charge in [0.05, 0.1) is 14.2 Å². The molecule has 6 nitrogen and oxygen atoms in total. The van der Waals surface area contributed by atoms with Crippen molar-refractivity contribution < 1.29 is 22.3 Å². The van der Waals surface area contributed by atoms with Crippen molar-refractivity contribution in [1.29, 1.82) is 0 Å². The SMILES string of the molecule is COc1cc(F)c(S(=O)(=O)N(C)CC(C)(C)CN)cc1OC. The zero-order valence-corrected chi connectivity index (χ0v) is 14.3. The maximum absolute atomic E-state index is 14.2. The van der Waals surface area contributed by atoms with Crippen molar-refractivity contribution in [2.45, 2.75) is 18.7 Å². The fraction of sp³-hybridized carbons (Fsp3) is 0.571. The van der Waals surface area contributed by atoms with Gasteiger partial charge >= 0.3 is 0 Å². The normalized spacial score (nSPS) is 12.5. The molecule has 0 bridgehead atoms. The monoisotopic (exact) mass is 334 g/mol. The van der Waals surface area contributed by atoms with E-state index < -0.39 is 26.2 Å². The van der Waals surface area contributed by atoms with Crippen molar-refractivity contribution in [1.82, 2.24) is 4.31 Å². The first-order valence-corrected chi connectivity index (χ1v) is 8.11. The van der Waals surface area contributed by atoms with Gasteiger partial charge in [-0.1, -0.05) is 13.8 Å². The third kappa shape index (κ3) is 3.88. The van der Waals surface area contributed by atoms with Crippen LogP contribution in [0, 0.1) is 11.2 Å². The maximum Gasteiger partial charge on any atom is 0.245 e. The number of nitrogens with zero attached hydrogens (tertiary/aromatic N) is 1. The topological polar surface area (TPSA) is 81.9 Å². The van der Waals surface area contributed by atoms with E-state index in [1.165, 1.54) is 21.3 Å². The molecule has 0 atom stereocenters. The van der Waals surface area contributed by atoms with Crippen LogP contribution in [0.25, 0.3) is 0 Å². The van der Waals surface area contributed by atoms with Crippen LogP contribution >= 0.6 is 0 Å². The molecule has 0 aromatic heterocycles. The molecule has 0 amide bonds. The van der Waals surface area contributed by atoms with Gasteiger partial charge in [-0.25, -0.2) is 17.1 Å². The van der Waals surface area contributed by atoms with Gasteiger partial charge in [-0.2, -0.15) is 0 Å². The Hall–Kier alpha value is -1.38. The van der Waals surface area contributed by atoms with E-state index >= 15 is 0 Å². The highest BCUT2D eigenvalue weighted by Gasteiger charge is 2.30. The summed E-state index contributed by atoms with van der Waals surface area (Å²) in [5.41, 5.74) is 5.20. The summed E-state index contributed by atoms with van der Waals surface area (Å²) in [6, 6.07) is 2.11. The second-order valence-electron chi connectivity index (χ2n) is 5.77. The zero-order valence-electron chi connectivity index (χ0n) is 13.5. The molecule has 22 heavy (non-hydrogen) atoms. The molecule has 1 rings (SSSR count). The number of hydrogen-bond donors (Lipinski definition) is 1. The standard InChI is InChI=1S/C14H23FN2O4S/c1-14(2,8-16)9-17(3)22(18,19)13-7-12(21-5)11(20-4)6-10(13)15/h6-7H,8-9,16H2,1-5H3. The van der Waals surface area contributed by atoms with E-state index in [-0.39, 0.29) is 18.0 Å². The van der Waals surface area contributed by atoms with Crippen LogP contribution in [0.4, 0.5) is 4.39 Å². The van der Waals surface area contributed by atoms with Gasteiger partial charge < -0.3 is 15.2 Å². The van der Waals surface area contributed by atoms with Crippen molar-refractivity contribution in [3.05, 3.63) is 17.9 Å². The Balaban J connectivity index is 3.28. The summed E-state index contributed by atoms with van der Waals surface area (Å²) in [5, 5.41) is 0. The Morgan fingerprint density at radius 1 is 1.23 bits per heavy atom. The summed E-state index contributed by atoms with van der Waals surface area (Å²) in [6.45, 7) is 4.15. The van der Waals surface area contributed by atoms with Crippen LogP contribution in [-0.2, 0) is 10.0 Å². The second kappa shape index (κ2) is 6.80. The number of halogens is 1. The molecule has 0 radical (unpaired) electrons. The lowest BCUT2D eigenvalue weighted by molar-refractivity contribution is 0.291. The summed E-state index contributed by atoms with van der Waals surface area (Å²) in [6.07, 6.45) is 0. The number of methoxy groups -OCH3 is 2. The molecule has 0 saturated carbocycles. The van der Waals surface area contributed by atoms with E-state index in [0.29, 0.717) is 6.54 Å². The minimum absolute atomic E-state index is 0.129. The molecular weight excluding hydrogens is 311 g/mol. The minimum Gasteiger partial charge on any atom is -0.493 e. The van der Waals surface area contributed by atoms with Crippen LogP contribution in [0.3, 0.4) is 0 Å². The highest BCUT2D eigenvalue weighted by Crippen LogP contribution is 2.33. The van der Waals surface area contributed by atoms with Crippen LogP contribution in [0.2, 0.25) is 0 Å². The largest absolute Gasteiger partial charge is 0.493 e. The molecule has 0 heterocycles. The third-order valence-corrected chi connectivity index (χ3v) is 5.15. The first-order chi connectivity index (χ1) is 10.1. The Labute approximate surface area is 131 Å². The average molecular weight is 334 g/mol. The Morgan fingerprint density at radius 3 is 2.18 bits per heavy atom. The third-order valence-electron chi connectivity index (χ3n) is 3.33. The maximum atomic E-state index is 14.2. The van der Waals surface area contributed by atoms with E-state index in [0.717, 1.165) is 16.4 Å². The number of rotatable bonds is 7. The van der Waals surface area contributed by atoms with Gasteiger partial charge in [0, 0.05) is 25.7 Å². The van der Waals surface area contributed by atoms with Crippen molar-refractivity contribution in [3.8, 4) is 11.5 Å². The Kier molecular flexibility index (Phi) is 5.77. The Morgan fingerprint density at radius 2 is 1.73 bits per heavy atom. The summed E-state index contributed by atoms with van der Waals surface area (Å²) in [7, 11) is 0.0916. The lowest BCUT2D eigenvalue weighted by Gasteiger charge is -2.28. The number of sulfonamides is 1. The number of ether oxygens (including phenoxy) is 2. The average Bonchev–Trinajstić information content (AvgIpc) is 2.46. The summed E-state index contributed by atoms with van der Waals surface area (Å²) in [5.74, 6) is -0.618. The van der Waals surface area contributed by atoms with Crippen molar-refractivity contribution >= 4 is 10.0 Å². The van der Waals surface area contributed by atoms with E-state index in [1.807, 2.05) is 13.8 Å². The number of hydrogen-bond acceptors (Lipinski definition) is 5. The summed E-state index contributed by atoms with van der Waals surface area (Å²) in [4.78, 5) is -0.458. The van der Waals surface area contributed by atoms with E-state index in [2.05, 4.69) is 0 Å². The number of nitrogens with two attached hydrogens (primary N) is 1. The molecular formula is C14H23FN2O4S. The van der Waals surface area contributed by atoms with Crippen molar-refractivity contribution in [3.63, 3.8) is 0 Å². The molecule has 8 heteroatoms. The van der Waals surface area contributed by atoms with E-state index in [9.17, 15) is 12.8 Å². The van der Waals surface area contributed by atoms with Gasteiger partial charge in [0.15, 0.2) is 11.5 Å². The smallest absolute Gasteiger partial charge is 0.245 e. The van der Waals surface area contributed by atoms with Crippen LogP contribution < -0.4 is 15.2 Å². The molecule has 0 aliphatic rings. The fourth-order valence-electron chi connectivity index (χ4n) is 1.95. The van der Waals surface area contributed by atoms with Crippen LogP contribution in [0.1, 0.15) is 13.8 Å².